The number of amides is 3. The number of ether oxygens (including phenoxy) is 3. The topological polar surface area (TPSA) is 140 Å². The second-order valence-corrected chi connectivity index (χ2v) is 9.05. The third kappa shape index (κ3) is 5.64. The number of nitrogens with zero attached hydrogens (tertiary/aromatic N) is 1. The predicted molar refractivity (Wildman–Crippen MR) is 121 cm³/mol. The normalized spacial score (nSPS) is 12.6. The molecule has 1 aliphatic rings. The van der Waals surface area contributed by atoms with E-state index in [9.17, 15) is 22.8 Å². The minimum atomic E-state index is -3.96. The molecule has 1 aliphatic heterocycles. The molecule has 0 bridgehead atoms. The van der Waals surface area contributed by atoms with Crippen molar-refractivity contribution in [3.8, 4) is 5.75 Å². The van der Waals surface area contributed by atoms with Crippen LogP contribution in [0.3, 0.4) is 0 Å². The van der Waals surface area contributed by atoms with E-state index in [1.165, 1.54) is 30.7 Å². The Bertz CT molecular complexity index is 1180. The number of rotatable bonds is 9. The first-order valence-corrected chi connectivity index (χ1v) is 11.7. The number of hydrogen-bond donors (Lipinski definition) is 2. The highest BCUT2D eigenvalue weighted by Crippen LogP contribution is 2.34. The van der Waals surface area contributed by atoms with E-state index < -0.39 is 34.5 Å². The number of carbonyl (C=O) groups excluding carboxylic acids is 3. The zero-order valence-electron chi connectivity index (χ0n) is 18.7. The average molecular weight is 492 g/mol. The van der Waals surface area contributed by atoms with Crippen LogP contribution in [0, 0.1) is 0 Å². The van der Waals surface area contributed by atoms with E-state index in [1.54, 1.807) is 12.1 Å². The van der Waals surface area contributed by atoms with E-state index in [4.69, 9.17) is 14.2 Å². The van der Waals surface area contributed by atoms with Gasteiger partial charge in [-0.2, -0.15) is 0 Å². The zero-order chi connectivity index (χ0) is 24.7. The van der Waals surface area contributed by atoms with Crippen molar-refractivity contribution in [1.29, 1.82) is 0 Å². The van der Waals surface area contributed by atoms with Crippen LogP contribution >= 0.6 is 0 Å². The molecule has 0 unspecified atom stereocenters. The first-order chi connectivity index (χ1) is 16.3. The minimum Gasteiger partial charge on any atom is -0.496 e. The molecule has 0 spiro atoms. The molecule has 3 amide bonds. The van der Waals surface area contributed by atoms with Gasteiger partial charge in [-0.15, -0.1) is 0 Å². The van der Waals surface area contributed by atoms with Gasteiger partial charge in [-0.3, -0.25) is 14.4 Å². The molecule has 34 heavy (non-hydrogen) atoms. The number of imide groups is 1. The third-order valence-corrected chi connectivity index (χ3v) is 6.81. The lowest BCUT2D eigenvalue weighted by atomic mass is 10.2. The van der Waals surface area contributed by atoms with Gasteiger partial charge in [-0.05, 0) is 36.2 Å². The van der Waals surface area contributed by atoms with Crippen molar-refractivity contribution in [3.05, 3.63) is 53.6 Å². The van der Waals surface area contributed by atoms with Gasteiger partial charge in [-0.25, -0.2) is 18.0 Å². The molecule has 0 aromatic heterocycles. The summed E-state index contributed by atoms with van der Waals surface area (Å²) in [6.45, 7) is -0.0235. The summed E-state index contributed by atoms with van der Waals surface area (Å²) in [5.74, 6) is -1.77. The van der Waals surface area contributed by atoms with Gasteiger partial charge in [0.2, 0.25) is 0 Å². The number of hydrogen-bond acceptors (Lipinski definition) is 8. The lowest BCUT2D eigenvalue weighted by molar-refractivity contribution is -0.123. The molecule has 3 rings (SSSR count). The van der Waals surface area contributed by atoms with Gasteiger partial charge >= 0.3 is 12.0 Å². The van der Waals surface area contributed by atoms with Crippen molar-refractivity contribution < 1.29 is 37.0 Å². The van der Waals surface area contributed by atoms with E-state index in [2.05, 4.69) is 5.32 Å². The second kappa shape index (κ2) is 11.0. The molecule has 11 nitrogen and oxygen atoms in total. The summed E-state index contributed by atoms with van der Waals surface area (Å²) in [6, 6.07) is 10.2. The lowest BCUT2D eigenvalue weighted by Crippen LogP contribution is -2.42. The summed E-state index contributed by atoms with van der Waals surface area (Å²) in [5, 5.41) is 4.38. The van der Waals surface area contributed by atoms with E-state index in [0.29, 0.717) is 12.1 Å². The van der Waals surface area contributed by atoms with Crippen LogP contribution in [0.2, 0.25) is 0 Å². The Kier molecular flexibility index (Phi) is 8.08. The van der Waals surface area contributed by atoms with Gasteiger partial charge < -0.3 is 19.5 Å². The number of anilines is 1. The first-order valence-electron chi connectivity index (χ1n) is 10.3. The van der Waals surface area contributed by atoms with E-state index in [1.807, 2.05) is 17.4 Å². The quantitative estimate of drug-likeness (QED) is 0.392. The summed E-state index contributed by atoms with van der Waals surface area (Å²) < 4.78 is 42.7. The Morgan fingerprint density at radius 2 is 1.85 bits per heavy atom. The highest BCUT2D eigenvalue weighted by atomic mass is 32.2. The van der Waals surface area contributed by atoms with Crippen LogP contribution in [0.5, 0.6) is 5.75 Å². The number of sulfonamides is 1. The monoisotopic (exact) mass is 491 g/mol. The van der Waals surface area contributed by atoms with Crippen molar-refractivity contribution in [3.63, 3.8) is 0 Å². The largest absolute Gasteiger partial charge is 0.496 e. The van der Waals surface area contributed by atoms with Gasteiger partial charge in [0.15, 0.2) is 6.61 Å². The van der Waals surface area contributed by atoms with E-state index in [0.717, 1.165) is 11.6 Å². The molecule has 2 aromatic carbocycles. The molecule has 0 aliphatic carbocycles. The molecule has 182 valence electrons. The molecule has 1 heterocycles. The van der Waals surface area contributed by atoms with E-state index in [-0.39, 0.29) is 35.9 Å². The lowest BCUT2D eigenvalue weighted by Gasteiger charge is -2.20. The van der Waals surface area contributed by atoms with Crippen molar-refractivity contribution in [1.82, 2.24) is 10.6 Å². The fourth-order valence-corrected chi connectivity index (χ4v) is 4.90. The minimum absolute atomic E-state index is 0.0727. The fraction of sp³-hybridized carbons (Fsp3) is 0.318. The molecule has 0 atom stereocenters. The SMILES string of the molecule is COCCNC(=O)NC(=O)COC(=O)c1cc(S(=O)(=O)N2CCc3ccccc32)ccc1OC. The van der Waals surface area contributed by atoms with Gasteiger partial charge in [0, 0.05) is 20.2 Å². The van der Waals surface area contributed by atoms with E-state index >= 15 is 0 Å². The van der Waals surface area contributed by atoms with Crippen molar-refractivity contribution in [2.75, 3.05) is 44.8 Å². The molecule has 2 aromatic rings. The first kappa shape index (κ1) is 25.0. The van der Waals surface area contributed by atoms with Crippen LogP contribution in [0.25, 0.3) is 0 Å². The number of methoxy groups -OCH3 is 2. The van der Waals surface area contributed by atoms with Crippen LogP contribution in [-0.4, -0.2) is 66.8 Å². The molecular weight excluding hydrogens is 466 g/mol. The highest BCUT2D eigenvalue weighted by molar-refractivity contribution is 7.92. The maximum absolute atomic E-state index is 13.3. The Hall–Kier alpha value is -3.64. The summed E-state index contributed by atoms with van der Waals surface area (Å²) in [6.07, 6.45) is 0.578. The molecule has 0 fully saturated rings. The van der Waals surface area contributed by atoms with Crippen LogP contribution in [0.15, 0.2) is 47.4 Å². The van der Waals surface area contributed by atoms with Crippen LogP contribution in [0.4, 0.5) is 10.5 Å². The zero-order valence-corrected chi connectivity index (χ0v) is 19.5. The highest BCUT2D eigenvalue weighted by Gasteiger charge is 2.32. The summed E-state index contributed by atoms with van der Waals surface area (Å²) >= 11 is 0. The second-order valence-electron chi connectivity index (χ2n) is 7.19. The number of fused-ring (bicyclic) bond motifs is 1. The number of para-hydroxylation sites is 1. The average Bonchev–Trinajstić information content (AvgIpc) is 3.27. The molecule has 0 saturated heterocycles. The number of esters is 1. The predicted octanol–water partition coefficient (Wildman–Crippen LogP) is 1.08. The third-order valence-electron chi connectivity index (χ3n) is 5.00. The number of benzene rings is 2. The van der Waals surface area contributed by atoms with Crippen molar-refractivity contribution in [2.24, 2.45) is 0 Å². The van der Waals surface area contributed by atoms with Gasteiger partial charge in [0.1, 0.15) is 11.3 Å². The Morgan fingerprint density at radius 3 is 2.59 bits per heavy atom. The molecule has 12 heteroatoms. The number of nitrogens with one attached hydrogen (secondary N) is 2. The molecule has 0 radical (unpaired) electrons. The Labute approximate surface area is 197 Å². The van der Waals surface area contributed by atoms with Gasteiger partial charge in [-0.1, -0.05) is 18.2 Å². The number of urea groups is 1. The smallest absolute Gasteiger partial charge is 0.342 e. The van der Waals surface area contributed by atoms with Gasteiger partial charge in [0.05, 0.1) is 24.3 Å². The van der Waals surface area contributed by atoms with Gasteiger partial charge in [0.25, 0.3) is 15.9 Å². The Balaban J connectivity index is 1.72. The molecule has 2 N–H and O–H groups in total. The Morgan fingerprint density at radius 1 is 1.09 bits per heavy atom. The van der Waals surface area contributed by atoms with Crippen molar-refractivity contribution in [2.45, 2.75) is 11.3 Å². The van der Waals surface area contributed by atoms with Crippen molar-refractivity contribution >= 4 is 33.6 Å². The summed E-state index contributed by atoms with van der Waals surface area (Å²) in [4.78, 5) is 36.0. The summed E-state index contributed by atoms with van der Waals surface area (Å²) in [5.41, 5.74) is 1.33. The fourth-order valence-electron chi connectivity index (χ4n) is 3.37. The van der Waals surface area contributed by atoms with Crippen LogP contribution in [0.1, 0.15) is 15.9 Å². The van der Waals surface area contributed by atoms with Crippen LogP contribution < -0.4 is 19.7 Å². The maximum Gasteiger partial charge on any atom is 0.342 e. The standard InChI is InChI=1S/C22H25N3O8S/c1-31-12-10-23-22(28)24-20(26)14-33-21(27)17-13-16(7-8-19(17)32-2)34(29,30)25-11-9-15-5-3-4-6-18(15)25/h3-8,13H,9-12,14H2,1-2H3,(H2,23,24,26,28). The maximum atomic E-state index is 13.3. The molecule has 0 saturated carbocycles. The number of carbonyl (C=O) groups is 3. The summed E-state index contributed by atoms with van der Waals surface area (Å²) in [7, 11) is -1.19. The van der Waals surface area contributed by atoms with Crippen LogP contribution in [-0.2, 0) is 30.7 Å². The molecular formula is C22H25N3O8S.